The van der Waals surface area contributed by atoms with Crippen molar-refractivity contribution in [2.24, 2.45) is 0 Å². The van der Waals surface area contributed by atoms with Gasteiger partial charge in [-0.1, -0.05) is 46.6 Å². The molecule has 0 saturated carbocycles. The van der Waals surface area contributed by atoms with E-state index in [0.29, 0.717) is 18.5 Å². The number of hydrogen-bond donors (Lipinski definition) is 2. The van der Waals surface area contributed by atoms with Crippen LogP contribution < -0.4 is 5.32 Å². The van der Waals surface area contributed by atoms with Crippen LogP contribution >= 0.6 is 15.9 Å². The van der Waals surface area contributed by atoms with Crippen LogP contribution in [0.4, 0.5) is 0 Å². The van der Waals surface area contributed by atoms with Gasteiger partial charge in [0.2, 0.25) is 0 Å². The molecule has 0 radical (unpaired) electrons. The molecular weight excluding hydrogens is 346 g/mol. The van der Waals surface area contributed by atoms with Gasteiger partial charge in [0, 0.05) is 23.0 Å². The number of fused-ring (bicyclic) bond motifs is 1. The van der Waals surface area contributed by atoms with E-state index in [1.807, 2.05) is 36.4 Å². The van der Waals surface area contributed by atoms with E-state index < -0.39 is 5.97 Å². The minimum absolute atomic E-state index is 0.101. The second-order valence-corrected chi connectivity index (χ2v) is 6.05. The molecule has 4 nitrogen and oxygen atoms in total. The monoisotopic (exact) mass is 363 g/mol. The van der Waals surface area contributed by atoms with Crippen LogP contribution in [-0.4, -0.2) is 23.5 Å². The molecule has 2 rings (SSSR count). The number of carbonyl (C=O) groups excluding carboxylic acids is 1. The van der Waals surface area contributed by atoms with E-state index in [1.165, 1.54) is 0 Å². The van der Waals surface area contributed by atoms with Crippen molar-refractivity contribution in [1.29, 1.82) is 0 Å². The van der Waals surface area contributed by atoms with Crippen LogP contribution in [0.1, 0.15) is 36.0 Å². The lowest BCUT2D eigenvalue weighted by atomic mass is 10.0. The van der Waals surface area contributed by atoms with Crippen molar-refractivity contribution in [2.45, 2.75) is 25.7 Å². The van der Waals surface area contributed by atoms with Gasteiger partial charge in [-0.15, -0.1) is 0 Å². The Morgan fingerprint density at radius 2 is 1.86 bits per heavy atom. The predicted molar refractivity (Wildman–Crippen MR) is 90.1 cm³/mol. The van der Waals surface area contributed by atoms with Crippen LogP contribution in [0.3, 0.4) is 0 Å². The van der Waals surface area contributed by atoms with Gasteiger partial charge in [0.15, 0.2) is 0 Å². The Morgan fingerprint density at radius 1 is 1.09 bits per heavy atom. The Balaban J connectivity index is 1.94. The highest BCUT2D eigenvalue weighted by molar-refractivity contribution is 9.10. The summed E-state index contributed by atoms with van der Waals surface area (Å²) in [5, 5.41) is 13.4. The number of halogens is 1. The van der Waals surface area contributed by atoms with Crippen LogP contribution in [0, 0.1) is 0 Å². The van der Waals surface area contributed by atoms with Gasteiger partial charge in [0.1, 0.15) is 0 Å². The highest BCUT2D eigenvalue weighted by atomic mass is 79.9. The molecule has 0 saturated heterocycles. The summed E-state index contributed by atoms with van der Waals surface area (Å²) in [6.45, 7) is 0.555. The number of benzene rings is 2. The Labute approximate surface area is 137 Å². The standard InChI is InChI=1S/C17H18BrNO3/c18-13-10-12-6-3-4-7-14(12)15(11-13)17(22)19-9-5-1-2-8-16(20)21/h3-4,6-7,10-11H,1-2,5,8-9H2,(H,19,22)(H,20,21). The van der Waals surface area contributed by atoms with Crippen molar-refractivity contribution in [3.8, 4) is 0 Å². The van der Waals surface area contributed by atoms with Crippen LogP contribution in [0.5, 0.6) is 0 Å². The summed E-state index contributed by atoms with van der Waals surface area (Å²) >= 11 is 3.43. The zero-order valence-electron chi connectivity index (χ0n) is 12.1. The third kappa shape index (κ3) is 4.56. The van der Waals surface area contributed by atoms with Crippen LogP contribution in [-0.2, 0) is 4.79 Å². The molecule has 116 valence electrons. The number of nitrogens with one attached hydrogen (secondary N) is 1. The number of aliphatic carboxylic acids is 1. The van der Waals surface area contributed by atoms with Crippen molar-refractivity contribution < 1.29 is 14.7 Å². The maximum atomic E-state index is 12.3. The molecule has 5 heteroatoms. The van der Waals surface area contributed by atoms with Gasteiger partial charge in [-0.2, -0.15) is 0 Å². The first kappa shape index (κ1) is 16.5. The Kier molecular flexibility index (Phi) is 5.95. The first-order valence-electron chi connectivity index (χ1n) is 7.26. The minimum atomic E-state index is -0.773. The fraction of sp³-hybridized carbons (Fsp3) is 0.294. The molecule has 0 aliphatic heterocycles. The largest absolute Gasteiger partial charge is 0.481 e. The maximum Gasteiger partial charge on any atom is 0.303 e. The molecule has 2 aromatic carbocycles. The number of carboxylic acids is 1. The van der Waals surface area contributed by atoms with Crippen molar-refractivity contribution in [1.82, 2.24) is 5.32 Å². The van der Waals surface area contributed by atoms with Gasteiger partial charge in [-0.3, -0.25) is 9.59 Å². The molecule has 0 aliphatic carbocycles. The Bertz CT molecular complexity index is 685. The summed E-state index contributed by atoms with van der Waals surface area (Å²) < 4.78 is 0.873. The molecule has 1 amide bonds. The van der Waals surface area contributed by atoms with Gasteiger partial charge in [0.05, 0.1) is 0 Å². The van der Waals surface area contributed by atoms with Gasteiger partial charge in [-0.05, 0) is 35.7 Å². The number of rotatable bonds is 7. The average Bonchev–Trinajstić information content (AvgIpc) is 2.49. The van der Waals surface area contributed by atoms with E-state index in [4.69, 9.17) is 5.11 Å². The lowest BCUT2D eigenvalue weighted by Crippen LogP contribution is -2.24. The third-order valence-corrected chi connectivity index (χ3v) is 3.88. The summed E-state index contributed by atoms with van der Waals surface area (Å²) in [4.78, 5) is 22.7. The van der Waals surface area contributed by atoms with Crippen molar-refractivity contribution >= 4 is 38.6 Å². The highest BCUT2D eigenvalue weighted by Crippen LogP contribution is 2.24. The second-order valence-electron chi connectivity index (χ2n) is 5.13. The van der Waals surface area contributed by atoms with Crippen molar-refractivity contribution in [2.75, 3.05) is 6.54 Å². The van der Waals surface area contributed by atoms with Gasteiger partial charge < -0.3 is 10.4 Å². The van der Waals surface area contributed by atoms with Gasteiger partial charge in [0.25, 0.3) is 5.91 Å². The fourth-order valence-electron chi connectivity index (χ4n) is 2.34. The summed E-state index contributed by atoms with van der Waals surface area (Å²) in [7, 11) is 0. The summed E-state index contributed by atoms with van der Waals surface area (Å²) in [5.41, 5.74) is 0.649. The van der Waals surface area contributed by atoms with E-state index in [9.17, 15) is 9.59 Å². The van der Waals surface area contributed by atoms with Crippen LogP contribution in [0.25, 0.3) is 10.8 Å². The number of carbonyl (C=O) groups is 2. The summed E-state index contributed by atoms with van der Waals surface area (Å²) in [5.74, 6) is -0.875. The molecule has 0 aromatic heterocycles. The topological polar surface area (TPSA) is 66.4 Å². The van der Waals surface area contributed by atoms with Crippen LogP contribution in [0.2, 0.25) is 0 Å². The highest BCUT2D eigenvalue weighted by Gasteiger charge is 2.10. The zero-order valence-corrected chi connectivity index (χ0v) is 13.7. The number of carboxylic acid groups (broad SMARTS) is 1. The molecule has 0 bridgehead atoms. The quantitative estimate of drug-likeness (QED) is 0.731. The predicted octanol–water partition coefficient (Wildman–Crippen LogP) is 3.98. The molecule has 0 aliphatic rings. The molecule has 0 unspecified atom stereocenters. The van der Waals surface area contributed by atoms with E-state index >= 15 is 0 Å². The fourth-order valence-corrected chi connectivity index (χ4v) is 2.81. The molecule has 2 aromatic rings. The smallest absolute Gasteiger partial charge is 0.303 e. The zero-order chi connectivity index (χ0) is 15.9. The van der Waals surface area contributed by atoms with E-state index in [2.05, 4.69) is 21.2 Å². The summed E-state index contributed by atoms with van der Waals surface area (Å²) in [6.07, 6.45) is 2.41. The average molecular weight is 364 g/mol. The van der Waals surface area contributed by atoms with Crippen molar-refractivity contribution in [3.05, 3.63) is 46.4 Å². The first-order chi connectivity index (χ1) is 10.6. The van der Waals surface area contributed by atoms with E-state index in [1.54, 1.807) is 0 Å². The molecule has 0 fully saturated rings. The normalized spacial score (nSPS) is 10.6. The molecule has 2 N–H and O–H groups in total. The van der Waals surface area contributed by atoms with E-state index in [-0.39, 0.29) is 12.3 Å². The minimum Gasteiger partial charge on any atom is -0.481 e. The van der Waals surface area contributed by atoms with E-state index in [0.717, 1.165) is 28.1 Å². The Morgan fingerprint density at radius 3 is 2.64 bits per heavy atom. The molecule has 0 atom stereocenters. The summed E-state index contributed by atoms with van der Waals surface area (Å²) in [6, 6.07) is 11.6. The van der Waals surface area contributed by atoms with Gasteiger partial charge in [-0.25, -0.2) is 0 Å². The molecule has 0 spiro atoms. The number of amides is 1. The van der Waals surface area contributed by atoms with Crippen molar-refractivity contribution in [3.63, 3.8) is 0 Å². The van der Waals surface area contributed by atoms with Gasteiger partial charge >= 0.3 is 5.97 Å². The maximum absolute atomic E-state index is 12.3. The molecular formula is C17H18BrNO3. The third-order valence-electron chi connectivity index (χ3n) is 3.42. The second kappa shape index (κ2) is 7.94. The Hall–Kier alpha value is -1.88. The first-order valence-corrected chi connectivity index (χ1v) is 8.05. The SMILES string of the molecule is O=C(O)CCCCCNC(=O)c1cc(Br)cc2ccccc12. The lowest BCUT2D eigenvalue weighted by Gasteiger charge is -2.09. The molecule has 0 heterocycles. The number of hydrogen-bond acceptors (Lipinski definition) is 2. The lowest BCUT2D eigenvalue weighted by molar-refractivity contribution is -0.137. The molecule has 22 heavy (non-hydrogen) atoms. The van der Waals surface area contributed by atoms with Crippen LogP contribution in [0.15, 0.2) is 40.9 Å². The number of unbranched alkanes of at least 4 members (excludes halogenated alkanes) is 2.